The van der Waals surface area contributed by atoms with E-state index in [1.54, 1.807) is 0 Å². The van der Waals surface area contributed by atoms with Crippen LogP contribution in [-0.2, 0) is 4.43 Å². The first-order valence-corrected chi connectivity index (χ1v) is 13.0. The van der Waals surface area contributed by atoms with Crippen LogP contribution in [0.3, 0.4) is 0 Å². The maximum Gasteiger partial charge on any atom is 0.261 e. The zero-order valence-electron chi connectivity index (χ0n) is 19.0. The van der Waals surface area contributed by atoms with Crippen molar-refractivity contribution in [2.45, 2.75) is 45.6 Å². The molecule has 0 amide bonds. The van der Waals surface area contributed by atoms with Gasteiger partial charge in [0.1, 0.15) is 5.75 Å². The Bertz CT molecular complexity index is 1030. The summed E-state index contributed by atoms with van der Waals surface area (Å²) in [5.74, 6) is 0.348. The Hall–Kier alpha value is -2.62. The Morgan fingerprint density at radius 2 is 1.42 bits per heavy atom. The summed E-state index contributed by atoms with van der Waals surface area (Å²) in [4.78, 5) is 0. The third-order valence-corrected chi connectivity index (χ3v) is 11.2. The second kappa shape index (κ2) is 8.49. The summed E-state index contributed by atoms with van der Waals surface area (Å²) in [5.41, 5.74) is 4.54. The number of hydrogen-bond donors (Lipinski definition) is 1. The maximum absolute atomic E-state index is 10.7. The number of rotatable bonds is 6. The smallest absolute Gasteiger partial charge is 0.261 e. The average molecular weight is 429 g/mol. The van der Waals surface area contributed by atoms with Crippen LogP contribution in [-0.4, -0.2) is 20.0 Å². The van der Waals surface area contributed by atoms with Gasteiger partial charge in [0.25, 0.3) is 8.32 Å². The van der Waals surface area contributed by atoms with Crippen LogP contribution in [0.4, 0.5) is 0 Å². The lowest BCUT2D eigenvalue weighted by molar-refractivity contribution is 0.344. The topological polar surface area (TPSA) is 29.5 Å². The number of phenolic OH excluding ortho intramolecular Hbond substituents is 1. The summed E-state index contributed by atoms with van der Waals surface area (Å²) >= 11 is 0. The zero-order valence-corrected chi connectivity index (χ0v) is 20.0. The molecular weight excluding hydrogens is 396 g/mol. The van der Waals surface area contributed by atoms with E-state index >= 15 is 0 Å². The molecule has 1 saturated carbocycles. The minimum Gasteiger partial charge on any atom is -0.507 e. The van der Waals surface area contributed by atoms with Gasteiger partial charge in [0.05, 0.1) is 6.61 Å². The molecule has 31 heavy (non-hydrogen) atoms. The van der Waals surface area contributed by atoms with Crippen LogP contribution < -0.4 is 10.4 Å². The molecule has 3 aromatic rings. The number of benzene rings is 3. The summed E-state index contributed by atoms with van der Waals surface area (Å²) in [6.45, 7) is 9.41. The van der Waals surface area contributed by atoms with E-state index < -0.39 is 8.32 Å². The zero-order chi connectivity index (χ0) is 22.1. The van der Waals surface area contributed by atoms with E-state index in [0.717, 1.165) is 29.5 Å². The number of phenols is 1. The first kappa shape index (κ1) is 21.6. The van der Waals surface area contributed by atoms with Crippen LogP contribution in [0.2, 0.25) is 5.04 Å². The second-order valence-corrected chi connectivity index (χ2v) is 13.9. The Morgan fingerprint density at radius 1 is 0.871 bits per heavy atom. The van der Waals surface area contributed by atoms with Gasteiger partial charge in [-0.15, -0.1) is 0 Å². The van der Waals surface area contributed by atoms with Gasteiger partial charge >= 0.3 is 0 Å². The van der Waals surface area contributed by atoms with Crippen molar-refractivity contribution in [2.75, 3.05) is 6.61 Å². The van der Waals surface area contributed by atoms with E-state index in [1.807, 2.05) is 19.1 Å². The highest BCUT2D eigenvalue weighted by Crippen LogP contribution is 2.42. The number of aryl methyl sites for hydroxylation is 1. The molecule has 0 spiro atoms. The third-order valence-electron chi connectivity index (χ3n) is 6.25. The maximum atomic E-state index is 10.7. The lowest BCUT2D eigenvalue weighted by Crippen LogP contribution is -2.66. The van der Waals surface area contributed by atoms with Gasteiger partial charge in [0, 0.05) is 5.56 Å². The van der Waals surface area contributed by atoms with Crippen LogP contribution in [0.15, 0.2) is 84.4 Å². The lowest BCUT2D eigenvalue weighted by Gasteiger charge is -2.43. The molecular formula is C28H32O2Si. The molecule has 0 saturated heterocycles. The quantitative estimate of drug-likeness (QED) is 0.501. The van der Waals surface area contributed by atoms with Crippen molar-refractivity contribution in [3.63, 3.8) is 0 Å². The van der Waals surface area contributed by atoms with Gasteiger partial charge in [-0.05, 0) is 52.4 Å². The fourth-order valence-electron chi connectivity index (χ4n) is 4.57. The van der Waals surface area contributed by atoms with Crippen molar-refractivity contribution in [1.82, 2.24) is 0 Å². The molecule has 0 aliphatic heterocycles. The van der Waals surface area contributed by atoms with Crippen molar-refractivity contribution < 1.29 is 9.53 Å². The van der Waals surface area contributed by atoms with E-state index in [0.29, 0.717) is 12.4 Å². The minimum atomic E-state index is -2.61. The fourth-order valence-corrected chi connectivity index (χ4v) is 9.09. The molecule has 0 heterocycles. The van der Waals surface area contributed by atoms with Gasteiger partial charge < -0.3 is 9.53 Å². The van der Waals surface area contributed by atoms with Crippen molar-refractivity contribution in [3.05, 3.63) is 95.6 Å². The number of aromatic hydroxyl groups is 1. The van der Waals surface area contributed by atoms with E-state index in [2.05, 4.69) is 87.5 Å². The predicted molar refractivity (Wildman–Crippen MR) is 133 cm³/mol. The van der Waals surface area contributed by atoms with Crippen LogP contribution in [0, 0.1) is 6.92 Å². The molecule has 1 fully saturated rings. The van der Waals surface area contributed by atoms with Crippen LogP contribution in [0.1, 0.15) is 44.7 Å². The summed E-state index contributed by atoms with van der Waals surface area (Å²) in [5, 5.41) is 13.2. The summed E-state index contributed by atoms with van der Waals surface area (Å²) in [7, 11) is -2.61. The normalized spacial score (nSPS) is 13.9. The first-order chi connectivity index (χ1) is 14.8. The van der Waals surface area contributed by atoms with Crippen molar-refractivity contribution >= 4 is 24.3 Å². The molecule has 0 unspecified atom stereocenters. The summed E-state index contributed by atoms with van der Waals surface area (Å²) < 4.78 is 7.14. The largest absolute Gasteiger partial charge is 0.507 e. The second-order valence-electron chi connectivity index (χ2n) is 9.55. The molecule has 4 rings (SSSR count). The Labute approximate surface area is 187 Å². The van der Waals surface area contributed by atoms with Gasteiger partial charge in [-0.1, -0.05) is 99.1 Å². The summed E-state index contributed by atoms with van der Waals surface area (Å²) in [6.07, 6.45) is 2.18. The van der Waals surface area contributed by atoms with Crippen molar-refractivity contribution in [2.24, 2.45) is 0 Å². The highest BCUT2D eigenvalue weighted by Gasteiger charge is 2.50. The molecule has 0 radical (unpaired) electrons. The van der Waals surface area contributed by atoms with Gasteiger partial charge in [-0.2, -0.15) is 0 Å². The lowest BCUT2D eigenvalue weighted by atomic mass is 10.0. The highest BCUT2D eigenvalue weighted by atomic mass is 28.4. The van der Waals surface area contributed by atoms with Crippen molar-refractivity contribution in [1.29, 1.82) is 0 Å². The molecule has 3 aromatic carbocycles. The van der Waals surface area contributed by atoms with Gasteiger partial charge in [-0.25, -0.2) is 0 Å². The van der Waals surface area contributed by atoms with E-state index in [4.69, 9.17) is 4.43 Å². The van der Waals surface area contributed by atoms with Crippen molar-refractivity contribution in [3.8, 4) is 5.75 Å². The Balaban J connectivity index is 1.81. The molecule has 1 aliphatic carbocycles. The number of allylic oxidation sites excluding steroid dienone is 1. The standard InChI is InChI=1S/C28H32O2Si/c1-21-15-18-25(27(29)19-21)26(22-16-17-22)20-30-31(28(2,3)4,23-11-7-5-8-12-23)24-13-9-6-10-14-24/h5-15,18-19,29H,16-17,20H2,1-4H3. The van der Waals surface area contributed by atoms with E-state index in [-0.39, 0.29) is 5.04 Å². The Morgan fingerprint density at radius 3 is 1.87 bits per heavy atom. The van der Waals surface area contributed by atoms with E-state index in [1.165, 1.54) is 15.9 Å². The van der Waals surface area contributed by atoms with E-state index in [9.17, 15) is 5.11 Å². The molecule has 3 heteroatoms. The molecule has 0 bridgehead atoms. The molecule has 1 N–H and O–H groups in total. The van der Waals surface area contributed by atoms with Gasteiger partial charge in [-0.3, -0.25) is 0 Å². The molecule has 0 atom stereocenters. The van der Waals surface area contributed by atoms with Crippen LogP contribution in [0.5, 0.6) is 5.75 Å². The van der Waals surface area contributed by atoms with Gasteiger partial charge in [0.2, 0.25) is 0 Å². The average Bonchev–Trinajstić information content (AvgIpc) is 3.58. The molecule has 2 nitrogen and oxygen atoms in total. The molecule has 160 valence electrons. The van der Waals surface area contributed by atoms with Gasteiger partial charge in [0.15, 0.2) is 0 Å². The van der Waals surface area contributed by atoms with Crippen LogP contribution in [0.25, 0.3) is 5.57 Å². The number of hydrogen-bond acceptors (Lipinski definition) is 2. The molecule has 0 aromatic heterocycles. The monoisotopic (exact) mass is 428 g/mol. The molecule has 1 aliphatic rings. The van der Waals surface area contributed by atoms with Crippen LogP contribution >= 0.6 is 0 Å². The minimum absolute atomic E-state index is 0.0651. The highest BCUT2D eigenvalue weighted by molar-refractivity contribution is 6.99. The summed E-state index contributed by atoms with van der Waals surface area (Å²) in [6, 6.07) is 27.4. The predicted octanol–water partition coefficient (Wildman–Crippen LogP) is 5.82. The SMILES string of the molecule is Cc1ccc(C(CO[Si](c2ccccc2)(c2ccccc2)C(C)(C)C)=C2CC2)c(O)c1. The first-order valence-electron chi connectivity index (χ1n) is 11.1. The fraction of sp³-hybridized carbons (Fsp3) is 0.286. The Kier molecular flexibility index (Phi) is 5.91. The third kappa shape index (κ3) is 4.25.